The van der Waals surface area contributed by atoms with E-state index >= 15 is 0 Å². The first-order valence-corrected chi connectivity index (χ1v) is 17.8. The second-order valence-electron chi connectivity index (χ2n) is 15.2. The topological polar surface area (TPSA) is 187 Å². The van der Waals surface area contributed by atoms with E-state index in [1.807, 2.05) is 17.9 Å². The number of fused-ring (bicyclic) bond motifs is 5. The van der Waals surface area contributed by atoms with Gasteiger partial charge in [0, 0.05) is 49.5 Å². The maximum atomic E-state index is 13.6. The van der Waals surface area contributed by atoms with Crippen LogP contribution in [-0.2, 0) is 35.3 Å². The number of rotatable bonds is 12. The first kappa shape index (κ1) is 37.4. The number of aliphatic hydroxyl groups is 2. The van der Waals surface area contributed by atoms with Crippen LogP contribution in [0.4, 0.5) is 0 Å². The average Bonchev–Trinajstić information content (AvgIpc) is 3.37. The van der Waals surface area contributed by atoms with E-state index in [2.05, 4.69) is 16.7 Å². The van der Waals surface area contributed by atoms with Crippen molar-refractivity contribution in [3.8, 4) is 0 Å². The van der Waals surface area contributed by atoms with Crippen molar-refractivity contribution in [2.45, 2.75) is 64.3 Å². The monoisotopic (exact) mass is 711 g/mol. The third-order valence-electron chi connectivity index (χ3n) is 12.5. The SMILES string of the molecule is CC12C=CC(=O)C=C1CCC1C2C(O)CC2(C)C1CC[C@]2(O)C(=O)COC(=O)CN1CCN(CCOC(=O)c2ccc(CON(O)O)cc2)CC1. The van der Waals surface area contributed by atoms with Crippen molar-refractivity contribution in [3.63, 3.8) is 0 Å². The van der Waals surface area contributed by atoms with Crippen LogP contribution in [0.15, 0.2) is 48.1 Å². The second-order valence-corrected chi connectivity index (χ2v) is 15.2. The van der Waals surface area contributed by atoms with E-state index in [1.165, 1.54) is 0 Å². The molecule has 1 aliphatic heterocycles. The number of Topliss-reactive ketones (excluding diaryl/α,β-unsaturated/α-hetero) is 1. The number of ether oxygens (including phenoxy) is 2. The van der Waals surface area contributed by atoms with Gasteiger partial charge in [0.1, 0.15) is 12.2 Å². The van der Waals surface area contributed by atoms with Gasteiger partial charge < -0.3 is 19.7 Å². The molecular weight excluding hydrogens is 662 g/mol. The van der Waals surface area contributed by atoms with Crippen LogP contribution in [0.2, 0.25) is 0 Å². The summed E-state index contributed by atoms with van der Waals surface area (Å²) < 4.78 is 10.8. The fourth-order valence-corrected chi connectivity index (χ4v) is 9.67. The Kier molecular flexibility index (Phi) is 11.0. The van der Waals surface area contributed by atoms with Gasteiger partial charge in [0.2, 0.25) is 5.78 Å². The van der Waals surface area contributed by atoms with Crippen molar-refractivity contribution in [1.82, 2.24) is 15.2 Å². The van der Waals surface area contributed by atoms with Gasteiger partial charge in [-0.3, -0.25) is 34.6 Å². The van der Waals surface area contributed by atoms with E-state index in [9.17, 15) is 29.4 Å². The van der Waals surface area contributed by atoms with Crippen molar-refractivity contribution in [2.24, 2.45) is 28.6 Å². The molecule has 1 heterocycles. The molecule has 0 radical (unpaired) electrons. The van der Waals surface area contributed by atoms with E-state index in [0.29, 0.717) is 50.3 Å². The normalized spacial score (nSPS) is 33.6. The summed E-state index contributed by atoms with van der Waals surface area (Å²) in [4.78, 5) is 59.5. The lowest BCUT2D eigenvalue weighted by molar-refractivity contribution is -0.497. The summed E-state index contributed by atoms with van der Waals surface area (Å²) in [6, 6.07) is 6.36. The number of carbonyl (C=O) groups is 4. The molecule has 0 bridgehead atoms. The highest BCUT2D eigenvalue weighted by atomic mass is 17.1. The summed E-state index contributed by atoms with van der Waals surface area (Å²) in [7, 11) is 0. The number of esters is 2. The summed E-state index contributed by atoms with van der Waals surface area (Å²) in [6.07, 6.45) is 7.14. The first-order chi connectivity index (χ1) is 24.2. The van der Waals surface area contributed by atoms with Crippen molar-refractivity contribution >= 4 is 23.5 Å². The molecule has 1 aromatic rings. The Morgan fingerprint density at radius 3 is 2.41 bits per heavy atom. The van der Waals surface area contributed by atoms with E-state index < -0.39 is 46.9 Å². The Balaban J connectivity index is 0.928. The van der Waals surface area contributed by atoms with Crippen molar-refractivity contribution in [3.05, 3.63) is 59.2 Å². The summed E-state index contributed by atoms with van der Waals surface area (Å²) in [5.74, 6) is -1.58. The van der Waals surface area contributed by atoms with Crippen molar-refractivity contribution in [2.75, 3.05) is 52.5 Å². The number of hydrogen-bond donors (Lipinski definition) is 4. The number of benzene rings is 1. The lowest BCUT2D eigenvalue weighted by Crippen LogP contribution is -2.61. The molecule has 3 saturated carbocycles. The fourth-order valence-electron chi connectivity index (χ4n) is 9.67. The predicted octanol–water partition coefficient (Wildman–Crippen LogP) is 2.10. The molecule has 4 N–H and O–H groups in total. The van der Waals surface area contributed by atoms with Crippen LogP contribution in [0, 0.1) is 28.6 Å². The van der Waals surface area contributed by atoms with E-state index in [1.54, 1.807) is 36.4 Å². The minimum atomic E-state index is -1.71. The molecule has 4 aliphatic carbocycles. The highest BCUT2D eigenvalue weighted by Gasteiger charge is 2.68. The maximum Gasteiger partial charge on any atom is 0.338 e. The Hall–Kier alpha value is -3.34. The van der Waals surface area contributed by atoms with Crippen molar-refractivity contribution in [1.29, 1.82) is 0 Å². The summed E-state index contributed by atoms with van der Waals surface area (Å²) >= 11 is 0. The highest BCUT2D eigenvalue weighted by molar-refractivity contribution is 6.01. The second kappa shape index (κ2) is 15.0. The molecule has 14 heteroatoms. The molecule has 4 fully saturated rings. The molecule has 6 rings (SSSR count). The summed E-state index contributed by atoms with van der Waals surface area (Å²) in [5, 5.41) is 40.4. The Morgan fingerprint density at radius 1 is 1.00 bits per heavy atom. The van der Waals surface area contributed by atoms with Crippen molar-refractivity contribution < 1.29 is 54.1 Å². The first-order valence-electron chi connectivity index (χ1n) is 17.8. The average molecular weight is 712 g/mol. The molecule has 278 valence electrons. The van der Waals surface area contributed by atoms with E-state index in [-0.39, 0.29) is 61.5 Å². The molecule has 51 heavy (non-hydrogen) atoms. The molecule has 7 atom stereocenters. The largest absolute Gasteiger partial charge is 0.461 e. The van der Waals surface area contributed by atoms with Gasteiger partial charge in [-0.2, -0.15) is 0 Å². The minimum Gasteiger partial charge on any atom is -0.461 e. The Labute approximate surface area is 297 Å². The van der Waals surface area contributed by atoms with Gasteiger partial charge in [0.15, 0.2) is 12.4 Å². The zero-order valence-corrected chi connectivity index (χ0v) is 29.2. The van der Waals surface area contributed by atoms with Crippen LogP contribution < -0.4 is 0 Å². The van der Waals surface area contributed by atoms with Crippen LogP contribution in [0.1, 0.15) is 61.9 Å². The minimum absolute atomic E-state index is 0.0109. The van der Waals surface area contributed by atoms with Gasteiger partial charge in [0.25, 0.3) is 0 Å². The number of allylic oxidation sites excluding steroid dienone is 4. The number of nitrogens with zero attached hydrogens (tertiary/aromatic N) is 3. The number of carbonyl (C=O) groups excluding carboxylic acids is 4. The molecule has 5 aliphatic rings. The molecule has 0 spiro atoms. The summed E-state index contributed by atoms with van der Waals surface area (Å²) in [6.45, 7) is 6.58. The Morgan fingerprint density at radius 2 is 1.71 bits per heavy atom. The molecule has 0 amide bonds. The van der Waals surface area contributed by atoms with E-state index in [4.69, 9.17) is 19.9 Å². The van der Waals surface area contributed by atoms with E-state index in [0.717, 1.165) is 18.4 Å². The molecular formula is C37H49N3O11. The standard InChI is InChI=1S/C37H49N3O11/c1-35-11-9-27(41)19-26(35)7-8-28-29-10-12-37(46,36(29,2)20-30(42)33(28)35)31(43)23-50-32(44)21-39-15-13-38(14-16-39)17-18-49-34(45)25-5-3-24(4-6-25)22-51-40(47)48/h3-6,9,11,19,28-30,33,42,46-48H,7-8,10,12-18,20-23H2,1-2H3/t28?,29?,30?,33?,35?,36?,37-/m0/s1. The van der Waals surface area contributed by atoms with Crippen LogP contribution in [-0.4, -0.2) is 124 Å². The van der Waals surface area contributed by atoms with Crippen LogP contribution in [0.5, 0.6) is 0 Å². The third kappa shape index (κ3) is 7.46. The van der Waals surface area contributed by atoms with Gasteiger partial charge in [-0.25, -0.2) is 9.63 Å². The molecule has 6 unspecified atom stereocenters. The number of hydrogen-bond acceptors (Lipinski definition) is 14. The molecule has 0 aromatic heterocycles. The van der Waals surface area contributed by atoms with Gasteiger partial charge in [0.05, 0.1) is 30.2 Å². The number of aliphatic hydroxyl groups excluding tert-OH is 1. The molecule has 1 saturated heterocycles. The van der Waals surface area contributed by atoms with Gasteiger partial charge in [-0.05, 0) is 73.8 Å². The van der Waals surface area contributed by atoms with Gasteiger partial charge in [-0.15, -0.1) is 0 Å². The zero-order chi connectivity index (χ0) is 36.6. The summed E-state index contributed by atoms with van der Waals surface area (Å²) in [5.41, 5.74) is -0.973. The fraction of sp³-hybridized carbons (Fsp3) is 0.622. The lowest BCUT2D eigenvalue weighted by atomic mass is 9.46. The van der Waals surface area contributed by atoms with Crippen LogP contribution >= 0.6 is 0 Å². The smallest absolute Gasteiger partial charge is 0.338 e. The van der Waals surface area contributed by atoms with Gasteiger partial charge >= 0.3 is 11.9 Å². The van der Waals surface area contributed by atoms with Crippen LogP contribution in [0.25, 0.3) is 0 Å². The highest BCUT2D eigenvalue weighted by Crippen LogP contribution is 2.67. The Bertz CT molecular complexity index is 1550. The lowest BCUT2D eigenvalue weighted by Gasteiger charge is -2.59. The maximum absolute atomic E-state index is 13.6. The zero-order valence-electron chi connectivity index (χ0n) is 29.2. The van der Waals surface area contributed by atoms with Gasteiger partial charge in [-0.1, -0.05) is 37.6 Å². The third-order valence-corrected chi connectivity index (χ3v) is 12.5. The number of piperazine rings is 1. The predicted molar refractivity (Wildman–Crippen MR) is 179 cm³/mol. The quantitative estimate of drug-likeness (QED) is 0.182. The molecule has 14 nitrogen and oxygen atoms in total. The molecule has 1 aromatic carbocycles. The van der Waals surface area contributed by atoms with Crippen LogP contribution in [0.3, 0.4) is 0 Å². The number of ketones is 2.